The number of pyridine rings is 1. The van der Waals surface area contributed by atoms with E-state index < -0.39 is 0 Å². The molecule has 1 atom stereocenters. The zero-order valence-electron chi connectivity index (χ0n) is 7.55. The molecule has 0 aliphatic heterocycles. The third kappa shape index (κ3) is 2.82. The van der Waals surface area contributed by atoms with Crippen molar-refractivity contribution in [3.63, 3.8) is 0 Å². The zero-order chi connectivity index (χ0) is 8.97. The lowest BCUT2D eigenvalue weighted by Crippen LogP contribution is -1.97. The Morgan fingerprint density at radius 3 is 2.92 bits per heavy atom. The summed E-state index contributed by atoms with van der Waals surface area (Å²) in [6.07, 6.45) is 5.80. The average molecular weight is 184 g/mol. The zero-order valence-corrected chi connectivity index (χ0v) is 8.30. The highest BCUT2D eigenvalue weighted by atomic mass is 35.5. The summed E-state index contributed by atoms with van der Waals surface area (Å²) in [4.78, 5) is 4.08. The van der Waals surface area contributed by atoms with Gasteiger partial charge in [0, 0.05) is 17.8 Å². The van der Waals surface area contributed by atoms with Gasteiger partial charge in [0.25, 0.3) is 0 Å². The lowest BCUT2D eigenvalue weighted by atomic mass is 10.1. The number of rotatable bonds is 3. The van der Waals surface area contributed by atoms with Crippen molar-refractivity contribution in [2.45, 2.75) is 32.1 Å². The van der Waals surface area contributed by atoms with Gasteiger partial charge < -0.3 is 0 Å². The van der Waals surface area contributed by atoms with Gasteiger partial charge in [0.15, 0.2) is 0 Å². The lowest BCUT2D eigenvalue weighted by molar-refractivity contribution is 0.796. The smallest absolute Gasteiger partial charge is 0.0311 e. The molecule has 0 saturated heterocycles. The Bertz CT molecular complexity index is 245. The fraction of sp³-hybridized carbons (Fsp3) is 0.500. The molecule has 0 aliphatic rings. The predicted molar refractivity (Wildman–Crippen MR) is 52.6 cm³/mol. The Morgan fingerprint density at radius 2 is 2.33 bits per heavy atom. The molecule has 12 heavy (non-hydrogen) atoms. The Labute approximate surface area is 78.8 Å². The molecular weight excluding hydrogens is 170 g/mol. The first-order valence-corrected chi connectivity index (χ1v) is 4.67. The minimum atomic E-state index is 0.254. The first kappa shape index (κ1) is 9.53. The number of aryl methyl sites for hydroxylation is 2. The van der Waals surface area contributed by atoms with Crippen LogP contribution in [0.4, 0.5) is 0 Å². The van der Waals surface area contributed by atoms with Crippen LogP contribution < -0.4 is 0 Å². The number of hydrogen-bond acceptors (Lipinski definition) is 1. The minimum Gasteiger partial charge on any atom is -0.264 e. The summed E-state index contributed by atoms with van der Waals surface area (Å²) in [5, 5.41) is 0.254. The third-order valence-corrected chi connectivity index (χ3v) is 2.18. The van der Waals surface area contributed by atoms with Gasteiger partial charge in [-0.25, -0.2) is 0 Å². The maximum absolute atomic E-state index is 5.86. The number of alkyl halides is 1. The van der Waals surface area contributed by atoms with E-state index in [0.29, 0.717) is 0 Å². The maximum atomic E-state index is 5.86. The molecular formula is C10H14ClN. The van der Waals surface area contributed by atoms with Gasteiger partial charge in [0.05, 0.1) is 0 Å². The second-order valence-electron chi connectivity index (χ2n) is 3.12. The van der Waals surface area contributed by atoms with E-state index in [1.165, 1.54) is 11.1 Å². The van der Waals surface area contributed by atoms with E-state index in [-0.39, 0.29) is 5.38 Å². The monoisotopic (exact) mass is 183 g/mol. The first-order valence-electron chi connectivity index (χ1n) is 4.23. The van der Waals surface area contributed by atoms with Crippen LogP contribution >= 0.6 is 11.6 Å². The molecule has 1 rings (SSSR count). The average Bonchev–Trinajstić information content (AvgIpc) is 2.03. The molecule has 1 unspecified atom stereocenters. The Hall–Kier alpha value is -0.560. The SMILES string of the molecule is Cc1ccncc1CCC(C)Cl. The van der Waals surface area contributed by atoms with E-state index in [9.17, 15) is 0 Å². The standard InChI is InChI=1S/C10H14ClN/c1-8-5-6-12-7-10(8)4-3-9(2)11/h5-7,9H,3-4H2,1-2H3. The molecule has 1 aromatic heterocycles. The topological polar surface area (TPSA) is 12.9 Å². The lowest BCUT2D eigenvalue weighted by Gasteiger charge is -2.05. The highest BCUT2D eigenvalue weighted by Crippen LogP contribution is 2.11. The number of halogens is 1. The summed E-state index contributed by atoms with van der Waals surface area (Å²) in [6.45, 7) is 4.13. The van der Waals surface area contributed by atoms with E-state index in [1.54, 1.807) is 0 Å². The molecule has 1 heterocycles. The van der Waals surface area contributed by atoms with Crippen molar-refractivity contribution in [1.29, 1.82) is 0 Å². The van der Waals surface area contributed by atoms with Gasteiger partial charge in [-0.2, -0.15) is 0 Å². The van der Waals surface area contributed by atoms with Gasteiger partial charge in [0.2, 0.25) is 0 Å². The van der Waals surface area contributed by atoms with E-state index in [1.807, 2.05) is 25.4 Å². The summed E-state index contributed by atoms with van der Waals surface area (Å²) in [6, 6.07) is 2.04. The van der Waals surface area contributed by atoms with Crippen LogP contribution in [0.5, 0.6) is 0 Å². The molecule has 0 aromatic carbocycles. The quantitative estimate of drug-likeness (QED) is 0.657. The van der Waals surface area contributed by atoms with Crippen molar-refractivity contribution in [2.75, 3.05) is 0 Å². The van der Waals surface area contributed by atoms with E-state index in [2.05, 4.69) is 11.9 Å². The summed E-state index contributed by atoms with van der Waals surface area (Å²) < 4.78 is 0. The molecule has 1 nitrogen and oxygen atoms in total. The summed E-state index contributed by atoms with van der Waals surface area (Å²) in [5.74, 6) is 0. The predicted octanol–water partition coefficient (Wildman–Crippen LogP) is 2.95. The molecule has 0 aliphatic carbocycles. The fourth-order valence-electron chi connectivity index (χ4n) is 1.11. The van der Waals surface area contributed by atoms with Gasteiger partial charge in [-0.05, 0) is 43.9 Å². The molecule has 66 valence electrons. The summed E-state index contributed by atoms with van der Waals surface area (Å²) >= 11 is 5.86. The fourth-order valence-corrected chi connectivity index (χ4v) is 1.22. The highest BCUT2D eigenvalue weighted by molar-refractivity contribution is 6.20. The van der Waals surface area contributed by atoms with Gasteiger partial charge in [0.1, 0.15) is 0 Å². The number of hydrogen-bond donors (Lipinski definition) is 0. The van der Waals surface area contributed by atoms with Crippen LogP contribution in [0.25, 0.3) is 0 Å². The van der Waals surface area contributed by atoms with Gasteiger partial charge in [-0.3, -0.25) is 4.98 Å². The van der Waals surface area contributed by atoms with E-state index >= 15 is 0 Å². The number of nitrogens with zero attached hydrogens (tertiary/aromatic N) is 1. The van der Waals surface area contributed by atoms with Crippen LogP contribution in [0.1, 0.15) is 24.5 Å². The van der Waals surface area contributed by atoms with Crippen LogP contribution in [0.2, 0.25) is 0 Å². The van der Waals surface area contributed by atoms with Crippen molar-refractivity contribution < 1.29 is 0 Å². The van der Waals surface area contributed by atoms with Crippen LogP contribution in [-0.4, -0.2) is 10.4 Å². The molecule has 0 radical (unpaired) electrons. The van der Waals surface area contributed by atoms with Crippen molar-refractivity contribution in [3.8, 4) is 0 Å². The molecule has 0 bridgehead atoms. The van der Waals surface area contributed by atoms with E-state index in [4.69, 9.17) is 11.6 Å². The van der Waals surface area contributed by atoms with Crippen LogP contribution in [0, 0.1) is 6.92 Å². The maximum Gasteiger partial charge on any atom is 0.0311 e. The van der Waals surface area contributed by atoms with Crippen molar-refractivity contribution >= 4 is 11.6 Å². The second-order valence-corrected chi connectivity index (χ2v) is 3.87. The Kier molecular flexibility index (Phi) is 3.54. The molecule has 0 N–H and O–H groups in total. The van der Waals surface area contributed by atoms with Gasteiger partial charge in [-0.1, -0.05) is 0 Å². The molecule has 0 spiro atoms. The van der Waals surface area contributed by atoms with Crippen LogP contribution in [-0.2, 0) is 6.42 Å². The van der Waals surface area contributed by atoms with Crippen molar-refractivity contribution in [2.24, 2.45) is 0 Å². The molecule has 1 aromatic rings. The second kappa shape index (κ2) is 4.46. The summed E-state index contributed by atoms with van der Waals surface area (Å²) in [7, 11) is 0. The minimum absolute atomic E-state index is 0.254. The number of aromatic nitrogens is 1. The molecule has 0 amide bonds. The normalized spacial score (nSPS) is 12.9. The van der Waals surface area contributed by atoms with E-state index in [0.717, 1.165) is 12.8 Å². The van der Waals surface area contributed by atoms with Gasteiger partial charge in [-0.15, -0.1) is 11.6 Å². The van der Waals surface area contributed by atoms with Crippen molar-refractivity contribution in [3.05, 3.63) is 29.6 Å². The third-order valence-electron chi connectivity index (χ3n) is 1.96. The molecule has 0 saturated carbocycles. The largest absolute Gasteiger partial charge is 0.264 e. The Balaban J connectivity index is 2.57. The van der Waals surface area contributed by atoms with Crippen LogP contribution in [0.15, 0.2) is 18.5 Å². The highest BCUT2D eigenvalue weighted by Gasteiger charge is 2.00. The Morgan fingerprint density at radius 1 is 1.58 bits per heavy atom. The van der Waals surface area contributed by atoms with Crippen molar-refractivity contribution in [1.82, 2.24) is 4.98 Å². The molecule has 0 fully saturated rings. The first-order chi connectivity index (χ1) is 5.70. The summed E-state index contributed by atoms with van der Waals surface area (Å²) in [5.41, 5.74) is 2.62. The molecule has 2 heteroatoms. The van der Waals surface area contributed by atoms with Gasteiger partial charge >= 0.3 is 0 Å². The van der Waals surface area contributed by atoms with Crippen LogP contribution in [0.3, 0.4) is 0 Å².